The van der Waals surface area contributed by atoms with Gasteiger partial charge in [0.2, 0.25) is 0 Å². The number of aryl methyl sites for hydroxylation is 1. The van der Waals surface area contributed by atoms with Gasteiger partial charge in [-0.2, -0.15) is 0 Å². The maximum Gasteiger partial charge on any atom is 0.263 e. The molecule has 0 fully saturated rings. The number of rotatable bonds is 9. The summed E-state index contributed by atoms with van der Waals surface area (Å²) in [6.45, 7) is 0. The largest absolute Gasteiger partial charge is 0.305 e. The van der Waals surface area contributed by atoms with E-state index in [1.165, 1.54) is 0 Å². The van der Waals surface area contributed by atoms with Crippen molar-refractivity contribution in [2.75, 3.05) is 4.72 Å². The summed E-state index contributed by atoms with van der Waals surface area (Å²) in [5.41, 5.74) is 2.80. The third kappa shape index (κ3) is 5.28. The molecule has 0 radical (unpaired) electrons. The first kappa shape index (κ1) is 21.5. The number of hydrogen-bond donors (Lipinski definition) is 1. The molecule has 7 nitrogen and oxygen atoms in total. The Morgan fingerprint density at radius 1 is 0.906 bits per heavy atom. The molecule has 0 aliphatic heterocycles. The minimum Gasteiger partial charge on any atom is -0.305 e. The lowest BCUT2D eigenvalue weighted by Gasteiger charge is -2.13. The number of pyridine rings is 1. The van der Waals surface area contributed by atoms with Gasteiger partial charge in [0.05, 0.1) is 12.0 Å². The zero-order valence-electron chi connectivity index (χ0n) is 17.3. The SMILES string of the molecule is O=C(CCc1cccnc1)Cc1ccc(NS(=O)(=O)c2ccccc2-n2ccnc2)cc1. The van der Waals surface area contributed by atoms with Gasteiger partial charge in [-0.1, -0.05) is 30.3 Å². The Hall–Kier alpha value is -3.78. The van der Waals surface area contributed by atoms with Crippen molar-refractivity contribution >= 4 is 21.5 Å². The lowest BCUT2D eigenvalue weighted by atomic mass is 10.0. The number of benzene rings is 2. The number of ketones is 1. The van der Waals surface area contributed by atoms with E-state index in [9.17, 15) is 13.2 Å². The van der Waals surface area contributed by atoms with E-state index in [1.54, 1.807) is 84.2 Å². The number of carbonyl (C=O) groups is 1. The summed E-state index contributed by atoms with van der Waals surface area (Å²) in [5, 5.41) is 0. The number of anilines is 1. The van der Waals surface area contributed by atoms with Gasteiger partial charge in [0.15, 0.2) is 0 Å². The van der Waals surface area contributed by atoms with E-state index in [1.807, 2.05) is 12.1 Å². The predicted molar refractivity (Wildman–Crippen MR) is 122 cm³/mol. The van der Waals surface area contributed by atoms with Crippen molar-refractivity contribution < 1.29 is 13.2 Å². The lowest BCUT2D eigenvalue weighted by Crippen LogP contribution is -2.15. The molecule has 8 heteroatoms. The number of carbonyl (C=O) groups excluding carboxylic acids is 1. The first-order chi connectivity index (χ1) is 15.5. The van der Waals surface area contributed by atoms with Gasteiger partial charge in [-0.05, 0) is 47.9 Å². The molecule has 0 saturated heterocycles. The van der Waals surface area contributed by atoms with Crippen molar-refractivity contribution in [2.24, 2.45) is 0 Å². The fourth-order valence-corrected chi connectivity index (χ4v) is 4.61. The Morgan fingerprint density at radius 3 is 2.44 bits per heavy atom. The first-order valence-electron chi connectivity index (χ1n) is 10.1. The van der Waals surface area contributed by atoms with E-state index in [0.29, 0.717) is 30.6 Å². The molecule has 2 heterocycles. The molecule has 0 spiro atoms. The topological polar surface area (TPSA) is 94.0 Å². The molecular weight excluding hydrogens is 424 g/mol. The van der Waals surface area contributed by atoms with Crippen LogP contribution in [0.1, 0.15) is 17.5 Å². The van der Waals surface area contributed by atoms with Gasteiger partial charge < -0.3 is 4.57 Å². The van der Waals surface area contributed by atoms with Crippen molar-refractivity contribution in [3.63, 3.8) is 0 Å². The molecule has 0 saturated carbocycles. The summed E-state index contributed by atoms with van der Waals surface area (Å²) in [5.74, 6) is 0.122. The van der Waals surface area contributed by atoms with Crippen molar-refractivity contribution in [1.82, 2.24) is 14.5 Å². The number of nitrogens with zero attached hydrogens (tertiary/aromatic N) is 3. The summed E-state index contributed by atoms with van der Waals surface area (Å²) >= 11 is 0. The second kappa shape index (κ2) is 9.57. The quantitative estimate of drug-likeness (QED) is 0.422. The van der Waals surface area contributed by atoms with Crippen LogP contribution in [-0.4, -0.2) is 28.7 Å². The molecule has 4 aromatic rings. The molecule has 4 rings (SSSR count). The van der Waals surface area contributed by atoms with Crippen LogP contribution >= 0.6 is 0 Å². The van der Waals surface area contributed by atoms with Gasteiger partial charge in [-0.25, -0.2) is 13.4 Å². The minimum absolute atomic E-state index is 0.122. The highest BCUT2D eigenvalue weighted by atomic mass is 32.2. The molecular formula is C24H22N4O3S. The van der Waals surface area contributed by atoms with Crippen LogP contribution in [0.15, 0.2) is 96.7 Å². The van der Waals surface area contributed by atoms with E-state index in [-0.39, 0.29) is 10.7 Å². The lowest BCUT2D eigenvalue weighted by molar-refractivity contribution is -0.118. The highest BCUT2D eigenvalue weighted by Gasteiger charge is 2.19. The number of para-hydroxylation sites is 1. The Morgan fingerprint density at radius 2 is 1.72 bits per heavy atom. The molecule has 32 heavy (non-hydrogen) atoms. The Labute approximate surface area is 186 Å². The standard InChI is InChI=1S/C24H22N4O3S/c29-22(12-9-20-4-3-13-25-17-20)16-19-7-10-21(11-8-19)27-32(30,31)24-6-2-1-5-23(24)28-15-14-26-18-28/h1-8,10-11,13-15,17-18,27H,9,12,16H2. The van der Waals surface area contributed by atoms with Crippen LogP contribution in [0.4, 0.5) is 5.69 Å². The van der Waals surface area contributed by atoms with Crippen LogP contribution in [0, 0.1) is 0 Å². The average Bonchev–Trinajstić information content (AvgIpc) is 3.35. The third-order valence-electron chi connectivity index (χ3n) is 4.96. The number of aromatic nitrogens is 3. The van der Waals surface area contributed by atoms with Crippen LogP contribution in [-0.2, 0) is 27.7 Å². The highest BCUT2D eigenvalue weighted by Crippen LogP contribution is 2.23. The van der Waals surface area contributed by atoms with Gasteiger partial charge in [-0.15, -0.1) is 0 Å². The second-order valence-corrected chi connectivity index (χ2v) is 8.97. The van der Waals surface area contributed by atoms with E-state index < -0.39 is 10.0 Å². The second-order valence-electron chi connectivity index (χ2n) is 7.32. The summed E-state index contributed by atoms with van der Waals surface area (Å²) in [4.78, 5) is 20.5. The molecule has 0 atom stereocenters. The predicted octanol–water partition coefficient (Wildman–Crippen LogP) is 3.81. The summed E-state index contributed by atoms with van der Waals surface area (Å²) < 4.78 is 30.3. The maximum absolute atomic E-state index is 13.0. The van der Waals surface area contributed by atoms with E-state index in [2.05, 4.69) is 14.7 Å². The molecule has 0 aliphatic rings. The molecule has 0 bridgehead atoms. The summed E-state index contributed by atoms with van der Waals surface area (Å²) in [7, 11) is -3.82. The smallest absolute Gasteiger partial charge is 0.263 e. The number of Topliss-reactive ketones (excluding diaryl/α,β-unsaturated/α-hetero) is 1. The third-order valence-corrected chi connectivity index (χ3v) is 6.39. The van der Waals surface area contributed by atoms with Gasteiger partial charge >= 0.3 is 0 Å². The monoisotopic (exact) mass is 446 g/mol. The Balaban J connectivity index is 1.41. The number of imidazole rings is 1. The van der Waals surface area contributed by atoms with Gasteiger partial charge in [-0.3, -0.25) is 14.5 Å². The normalized spacial score (nSPS) is 11.2. The average molecular weight is 447 g/mol. The van der Waals surface area contributed by atoms with Crippen LogP contribution in [0.5, 0.6) is 0 Å². The van der Waals surface area contributed by atoms with Crippen molar-refractivity contribution in [3.05, 3.63) is 103 Å². The zero-order valence-corrected chi connectivity index (χ0v) is 18.1. The van der Waals surface area contributed by atoms with E-state index >= 15 is 0 Å². The molecule has 2 aromatic heterocycles. The molecule has 162 valence electrons. The van der Waals surface area contributed by atoms with Gasteiger partial charge in [0.25, 0.3) is 10.0 Å². The molecule has 0 amide bonds. The maximum atomic E-state index is 13.0. The molecule has 2 aromatic carbocycles. The van der Waals surface area contributed by atoms with Crippen LogP contribution in [0.25, 0.3) is 5.69 Å². The highest BCUT2D eigenvalue weighted by molar-refractivity contribution is 7.92. The summed E-state index contributed by atoms with van der Waals surface area (Å²) in [6.07, 6.45) is 9.69. The molecule has 0 unspecified atom stereocenters. The Kier molecular flexibility index (Phi) is 6.42. The van der Waals surface area contributed by atoms with Crippen molar-refractivity contribution in [2.45, 2.75) is 24.2 Å². The van der Waals surface area contributed by atoms with Gasteiger partial charge in [0, 0.05) is 43.3 Å². The minimum atomic E-state index is -3.82. The van der Waals surface area contributed by atoms with E-state index in [0.717, 1.165) is 11.1 Å². The van der Waals surface area contributed by atoms with Crippen LogP contribution in [0.3, 0.4) is 0 Å². The fourth-order valence-electron chi connectivity index (χ4n) is 3.35. The zero-order chi connectivity index (χ0) is 22.4. The van der Waals surface area contributed by atoms with E-state index in [4.69, 9.17) is 0 Å². The van der Waals surface area contributed by atoms with Crippen LogP contribution < -0.4 is 4.72 Å². The fraction of sp³-hybridized carbons (Fsp3) is 0.125. The van der Waals surface area contributed by atoms with Crippen molar-refractivity contribution in [1.29, 1.82) is 0 Å². The number of hydrogen-bond acceptors (Lipinski definition) is 5. The number of sulfonamides is 1. The Bertz CT molecular complexity index is 1290. The molecule has 1 N–H and O–H groups in total. The van der Waals surface area contributed by atoms with Crippen LogP contribution in [0.2, 0.25) is 0 Å². The first-order valence-corrected chi connectivity index (χ1v) is 11.6. The van der Waals surface area contributed by atoms with Crippen molar-refractivity contribution in [3.8, 4) is 5.69 Å². The van der Waals surface area contributed by atoms with Gasteiger partial charge in [0.1, 0.15) is 10.7 Å². The molecule has 0 aliphatic carbocycles. The number of nitrogens with one attached hydrogen (secondary N) is 1. The summed E-state index contributed by atoms with van der Waals surface area (Å²) in [6, 6.07) is 17.4.